The predicted octanol–water partition coefficient (Wildman–Crippen LogP) is 7.53. The van der Waals surface area contributed by atoms with Gasteiger partial charge in [0.1, 0.15) is 0 Å². The molecule has 0 amide bonds. The van der Waals surface area contributed by atoms with Crippen LogP contribution in [-0.4, -0.2) is 5.54 Å². The number of benzene rings is 1. The van der Waals surface area contributed by atoms with Crippen molar-refractivity contribution in [2.75, 3.05) is 4.90 Å². The highest BCUT2D eigenvalue weighted by Gasteiger charge is 2.63. The summed E-state index contributed by atoms with van der Waals surface area (Å²) in [4.78, 5) is 2.78. The fourth-order valence-electron chi connectivity index (χ4n) is 8.01. The van der Waals surface area contributed by atoms with Crippen LogP contribution in [0.2, 0.25) is 0 Å². The van der Waals surface area contributed by atoms with Crippen LogP contribution in [0.5, 0.6) is 0 Å². The van der Waals surface area contributed by atoms with Crippen molar-refractivity contribution in [3.8, 4) is 0 Å². The van der Waals surface area contributed by atoms with E-state index in [0.29, 0.717) is 17.3 Å². The molecular formula is C27H40N. The quantitative estimate of drug-likeness (QED) is 0.525. The summed E-state index contributed by atoms with van der Waals surface area (Å²) in [5.74, 6) is 5.12. The van der Waals surface area contributed by atoms with Gasteiger partial charge in [-0.2, -0.15) is 0 Å². The van der Waals surface area contributed by atoms with Gasteiger partial charge >= 0.3 is 0 Å². The van der Waals surface area contributed by atoms with Gasteiger partial charge in [-0.25, -0.2) is 0 Å². The largest absolute Gasteiger partial charge is 0.360 e. The van der Waals surface area contributed by atoms with Gasteiger partial charge in [0.15, 0.2) is 0 Å². The first-order valence-corrected chi connectivity index (χ1v) is 12.0. The van der Waals surface area contributed by atoms with Crippen molar-refractivity contribution in [2.45, 2.75) is 97.4 Å². The van der Waals surface area contributed by atoms with E-state index < -0.39 is 0 Å². The standard InChI is InChI=1S/C27H40N/c1-17(2)23-8-7-9-24(18(3)4)25(23)28-16-27(15-26(28,5)6)21-11-19-10-20(13-21)14-22(27)12-19/h7-9,16-22H,10-15H2,1-6H3. The second-order valence-corrected chi connectivity index (χ2v) is 12.0. The van der Waals surface area contributed by atoms with Gasteiger partial charge in [-0.15, -0.1) is 0 Å². The van der Waals surface area contributed by atoms with Crippen LogP contribution in [0.25, 0.3) is 0 Å². The molecule has 1 radical (unpaired) electrons. The molecule has 5 fully saturated rings. The number of nitrogens with zero attached hydrogens (tertiary/aromatic N) is 1. The Bertz CT molecular complexity index is 701. The van der Waals surface area contributed by atoms with E-state index in [1.54, 1.807) is 12.1 Å². The van der Waals surface area contributed by atoms with E-state index in [-0.39, 0.29) is 5.54 Å². The van der Waals surface area contributed by atoms with Gasteiger partial charge in [0.2, 0.25) is 0 Å². The molecule has 0 atom stereocenters. The van der Waals surface area contributed by atoms with E-state index in [1.165, 1.54) is 43.2 Å². The third kappa shape index (κ3) is 2.63. The number of hydrogen-bond donors (Lipinski definition) is 0. The van der Waals surface area contributed by atoms with E-state index in [4.69, 9.17) is 0 Å². The Morgan fingerprint density at radius 2 is 1.32 bits per heavy atom. The zero-order valence-electron chi connectivity index (χ0n) is 19.0. The van der Waals surface area contributed by atoms with E-state index in [0.717, 1.165) is 23.7 Å². The minimum atomic E-state index is 0.212. The Morgan fingerprint density at radius 3 is 1.79 bits per heavy atom. The molecular weight excluding hydrogens is 338 g/mol. The normalized spacial score (nSPS) is 38.4. The van der Waals surface area contributed by atoms with Gasteiger partial charge in [0.25, 0.3) is 0 Å². The van der Waals surface area contributed by atoms with Gasteiger partial charge in [0.05, 0.1) is 6.54 Å². The van der Waals surface area contributed by atoms with E-state index in [1.807, 2.05) is 0 Å². The van der Waals surface area contributed by atoms with Crippen molar-refractivity contribution in [1.29, 1.82) is 0 Å². The maximum Gasteiger partial charge on any atom is 0.0567 e. The molecule has 4 aliphatic carbocycles. The first-order valence-electron chi connectivity index (χ1n) is 12.0. The lowest BCUT2D eigenvalue weighted by atomic mass is 9.44. The number of para-hydroxylation sites is 1. The molecule has 4 saturated carbocycles. The van der Waals surface area contributed by atoms with Gasteiger partial charge in [-0.3, -0.25) is 0 Å². The average molecular weight is 379 g/mol. The molecule has 1 spiro atoms. The Hall–Kier alpha value is -0.980. The highest BCUT2D eigenvalue weighted by molar-refractivity contribution is 5.66. The first-order chi connectivity index (χ1) is 13.2. The molecule has 1 nitrogen and oxygen atoms in total. The Labute approximate surface area is 173 Å². The van der Waals surface area contributed by atoms with Crippen LogP contribution in [0, 0.1) is 35.6 Å². The van der Waals surface area contributed by atoms with Crippen LogP contribution >= 0.6 is 0 Å². The minimum Gasteiger partial charge on any atom is -0.360 e. The molecule has 0 N–H and O–H groups in total. The molecule has 1 aromatic rings. The maximum absolute atomic E-state index is 2.80. The number of anilines is 1. The molecule has 5 aliphatic rings. The third-order valence-electron chi connectivity index (χ3n) is 9.00. The lowest BCUT2D eigenvalue weighted by molar-refractivity contribution is -0.0887. The molecule has 1 heterocycles. The van der Waals surface area contributed by atoms with Crippen LogP contribution in [0.1, 0.15) is 103 Å². The van der Waals surface area contributed by atoms with Gasteiger partial charge in [0, 0.05) is 16.6 Å². The minimum absolute atomic E-state index is 0.212. The summed E-state index contributed by atoms with van der Waals surface area (Å²) in [5.41, 5.74) is 5.30. The van der Waals surface area contributed by atoms with E-state index in [2.05, 4.69) is 71.2 Å². The predicted molar refractivity (Wildman–Crippen MR) is 120 cm³/mol. The van der Waals surface area contributed by atoms with Gasteiger partial charge < -0.3 is 4.90 Å². The Morgan fingerprint density at radius 1 is 0.821 bits per heavy atom. The Balaban J connectivity index is 1.59. The number of hydrogen-bond acceptors (Lipinski definition) is 1. The lowest BCUT2D eigenvalue weighted by Gasteiger charge is -2.60. The summed E-state index contributed by atoms with van der Waals surface area (Å²) in [6.45, 7) is 17.3. The summed E-state index contributed by atoms with van der Waals surface area (Å²) in [6, 6.07) is 7.06. The molecule has 0 aromatic heterocycles. The molecule has 1 aliphatic heterocycles. The number of rotatable bonds is 3. The molecule has 1 saturated heterocycles. The fraction of sp³-hybridized carbons (Fsp3) is 0.741. The summed E-state index contributed by atoms with van der Waals surface area (Å²) >= 11 is 0. The zero-order chi connectivity index (χ0) is 19.8. The monoisotopic (exact) mass is 378 g/mol. The SMILES string of the molecule is CC(C)c1cccc(C(C)C)c1N1[CH]C2(CC1(C)C)C1CC3CC(C1)CC2C3. The fourth-order valence-corrected chi connectivity index (χ4v) is 8.01. The zero-order valence-corrected chi connectivity index (χ0v) is 19.0. The summed E-state index contributed by atoms with van der Waals surface area (Å²) in [6.07, 6.45) is 8.95. The van der Waals surface area contributed by atoms with Crippen molar-refractivity contribution < 1.29 is 0 Å². The van der Waals surface area contributed by atoms with Gasteiger partial charge in [-0.05, 0) is 99.0 Å². The second-order valence-electron chi connectivity index (χ2n) is 12.0. The van der Waals surface area contributed by atoms with Crippen LogP contribution in [-0.2, 0) is 0 Å². The van der Waals surface area contributed by atoms with E-state index >= 15 is 0 Å². The topological polar surface area (TPSA) is 3.24 Å². The van der Waals surface area contributed by atoms with Crippen LogP contribution in [0.3, 0.4) is 0 Å². The van der Waals surface area contributed by atoms with Crippen molar-refractivity contribution in [1.82, 2.24) is 0 Å². The molecule has 6 rings (SSSR count). The third-order valence-corrected chi connectivity index (χ3v) is 9.00. The van der Waals surface area contributed by atoms with Crippen molar-refractivity contribution in [3.05, 3.63) is 35.9 Å². The van der Waals surface area contributed by atoms with Crippen LogP contribution in [0.4, 0.5) is 5.69 Å². The second kappa shape index (κ2) is 6.26. The smallest absolute Gasteiger partial charge is 0.0567 e. The van der Waals surface area contributed by atoms with E-state index in [9.17, 15) is 0 Å². The highest BCUT2D eigenvalue weighted by atomic mass is 15.2. The molecule has 0 unspecified atom stereocenters. The van der Waals surface area contributed by atoms with Crippen molar-refractivity contribution in [3.63, 3.8) is 0 Å². The Kier molecular flexibility index (Phi) is 4.25. The molecule has 28 heavy (non-hydrogen) atoms. The van der Waals surface area contributed by atoms with Crippen molar-refractivity contribution in [2.24, 2.45) is 29.1 Å². The first kappa shape index (κ1) is 19.0. The van der Waals surface area contributed by atoms with Gasteiger partial charge in [-0.1, -0.05) is 45.9 Å². The average Bonchev–Trinajstić information content (AvgIpc) is 2.90. The highest BCUT2D eigenvalue weighted by Crippen LogP contribution is 2.69. The summed E-state index contributed by atoms with van der Waals surface area (Å²) < 4.78 is 0. The molecule has 1 heteroatoms. The summed E-state index contributed by atoms with van der Waals surface area (Å²) in [7, 11) is 0. The molecule has 4 bridgehead atoms. The maximum atomic E-state index is 2.80. The van der Waals surface area contributed by atoms with Crippen LogP contribution in [0.15, 0.2) is 18.2 Å². The molecule has 153 valence electrons. The molecule has 1 aromatic carbocycles. The van der Waals surface area contributed by atoms with Crippen LogP contribution < -0.4 is 4.90 Å². The summed E-state index contributed by atoms with van der Waals surface area (Å²) in [5, 5.41) is 0. The lowest BCUT2D eigenvalue weighted by Crippen LogP contribution is -2.52. The van der Waals surface area contributed by atoms with Crippen molar-refractivity contribution >= 4 is 5.69 Å².